The zero-order valence-electron chi connectivity index (χ0n) is 19.4. The van der Waals surface area contributed by atoms with E-state index in [0.29, 0.717) is 44.7 Å². The summed E-state index contributed by atoms with van der Waals surface area (Å²) in [6.45, 7) is 3.43. The molecule has 13 nitrogen and oxygen atoms in total. The third kappa shape index (κ3) is 6.51. The number of aryl methyl sites for hydroxylation is 2. The third-order valence-corrected chi connectivity index (χ3v) is 5.46. The molecule has 0 aliphatic carbocycles. The van der Waals surface area contributed by atoms with E-state index in [9.17, 15) is 20.2 Å². The van der Waals surface area contributed by atoms with Gasteiger partial charge in [0, 0.05) is 43.8 Å². The van der Waals surface area contributed by atoms with Crippen LogP contribution in [0.25, 0.3) is 22.2 Å². The summed E-state index contributed by atoms with van der Waals surface area (Å²) in [4.78, 5) is 27.6. The van der Waals surface area contributed by atoms with Gasteiger partial charge in [-0.25, -0.2) is 9.97 Å². The van der Waals surface area contributed by atoms with Crippen molar-refractivity contribution in [2.45, 2.75) is 13.8 Å². The van der Waals surface area contributed by atoms with E-state index in [4.69, 9.17) is 60.2 Å². The van der Waals surface area contributed by atoms with Crippen molar-refractivity contribution in [3.63, 3.8) is 0 Å². The van der Waals surface area contributed by atoms with Crippen molar-refractivity contribution in [2.24, 2.45) is 0 Å². The monoisotopic (exact) mass is 582 g/mol. The Morgan fingerprint density at radius 3 is 1.71 bits per heavy atom. The highest BCUT2D eigenvalue weighted by Crippen LogP contribution is 2.33. The van der Waals surface area contributed by atoms with Crippen LogP contribution in [0.4, 0.5) is 22.7 Å². The van der Waals surface area contributed by atoms with Crippen molar-refractivity contribution < 1.29 is 23.8 Å². The SMILES string of the molecule is Cc1nc2cc(N)cc(Cl)c2o1.Cc1nc2cc([N+](=O)[O-])cc(Cl)c2o1.Nc1cc([N+](=O)[O-])cc(Cl)c1O. The van der Waals surface area contributed by atoms with Crippen molar-refractivity contribution in [3.05, 3.63) is 83.5 Å². The van der Waals surface area contributed by atoms with Gasteiger partial charge in [-0.3, -0.25) is 20.2 Å². The Labute approximate surface area is 227 Å². The average molecular weight is 584 g/mol. The minimum atomic E-state index is -0.637. The molecule has 38 heavy (non-hydrogen) atoms. The fraction of sp³-hybridized carbons (Fsp3) is 0.0909. The Kier molecular flexibility index (Phi) is 8.46. The van der Waals surface area contributed by atoms with Crippen LogP contribution in [0.15, 0.2) is 45.2 Å². The van der Waals surface area contributed by atoms with E-state index in [1.54, 1.807) is 26.0 Å². The molecule has 5 N–H and O–H groups in total. The Balaban J connectivity index is 0.000000159. The van der Waals surface area contributed by atoms with Crippen molar-refractivity contribution in [2.75, 3.05) is 11.5 Å². The second-order valence-corrected chi connectivity index (χ2v) is 8.69. The molecule has 3 aromatic carbocycles. The van der Waals surface area contributed by atoms with Crippen LogP contribution >= 0.6 is 34.8 Å². The highest BCUT2D eigenvalue weighted by molar-refractivity contribution is 6.35. The first-order valence-electron chi connectivity index (χ1n) is 10.2. The molecular formula is C22H17Cl3N6O7. The number of hydrogen-bond donors (Lipinski definition) is 3. The molecule has 0 aliphatic heterocycles. The zero-order valence-corrected chi connectivity index (χ0v) is 21.7. The quantitative estimate of drug-likeness (QED) is 0.0870. The number of nitrogen functional groups attached to an aromatic ring is 2. The number of halogens is 3. The number of benzene rings is 3. The van der Waals surface area contributed by atoms with Crippen molar-refractivity contribution >= 4 is 79.8 Å². The van der Waals surface area contributed by atoms with Gasteiger partial charge in [0.2, 0.25) is 0 Å². The number of oxazole rings is 2. The first kappa shape index (κ1) is 28.2. The number of phenols is 1. The van der Waals surface area contributed by atoms with E-state index in [1.807, 2.05) is 0 Å². The standard InChI is InChI=1S/C8H5ClN2O3.C8H7ClN2O.C6H5ClN2O3/c1-4-10-7-3-5(11(12)13)2-6(9)8(7)14-4;1-4-11-7-3-5(10)2-6(9)8(7)12-4;7-4-1-3(9(11)12)2-5(8)6(4)10/h2-3H,1H3;2-3H,10H2,1H3;1-2,10H,8H2. The fourth-order valence-electron chi connectivity index (χ4n) is 3.03. The van der Waals surface area contributed by atoms with Crippen molar-refractivity contribution in [3.8, 4) is 5.75 Å². The normalized spacial score (nSPS) is 10.4. The van der Waals surface area contributed by atoms with Crippen LogP contribution in [-0.2, 0) is 0 Å². The molecule has 0 atom stereocenters. The molecular weight excluding hydrogens is 567 g/mol. The topological polar surface area (TPSA) is 211 Å². The molecule has 16 heteroatoms. The van der Waals surface area contributed by atoms with Crippen LogP contribution in [0.1, 0.15) is 11.8 Å². The molecule has 0 radical (unpaired) electrons. The molecule has 2 aromatic heterocycles. The highest BCUT2D eigenvalue weighted by atomic mass is 35.5. The largest absolute Gasteiger partial charge is 0.504 e. The molecule has 0 amide bonds. The van der Waals surface area contributed by atoms with Crippen LogP contribution in [0.2, 0.25) is 15.1 Å². The number of anilines is 2. The maximum Gasteiger partial charge on any atom is 0.273 e. The van der Waals surface area contributed by atoms with Crippen LogP contribution in [0.5, 0.6) is 5.75 Å². The molecule has 0 fully saturated rings. The molecule has 0 saturated carbocycles. The molecule has 5 rings (SSSR count). The number of nitro benzene ring substituents is 2. The van der Waals surface area contributed by atoms with E-state index in [1.165, 1.54) is 12.1 Å². The lowest BCUT2D eigenvalue weighted by molar-refractivity contribution is -0.384. The second-order valence-electron chi connectivity index (χ2n) is 7.47. The average Bonchev–Trinajstić information content (AvgIpc) is 3.39. The van der Waals surface area contributed by atoms with E-state index < -0.39 is 9.85 Å². The molecule has 0 spiro atoms. The fourth-order valence-corrected chi connectivity index (χ4v) is 3.76. The van der Waals surface area contributed by atoms with Gasteiger partial charge in [0.15, 0.2) is 28.7 Å². The summed E-state index contributed by atoms with van der Waals surface area (Å²) in [7, 11) is 0. The van der Waals surface area contributed by atoms with E-state index in [-0.39, 0.29) is 32.9 Å². The van der Waals surface area contributed by atoms with E-state index in [0.717, 1.165) is 12.1 Å². The maximum atomic E-state index is 10.5. The molecule has 0 unspecified atom stereocenters. The van der Waals surface area contributed by atoms with Gasteiger partial charge in [0.05, 0.1) is 30.6 Å². The summed E-state index contributed by atoms with van der Waals surface area (Å²) in [5.41, 5.74) is 13.1. The number of rotatable bonds is 2. The summed E-state index contributed by atoms with van der Waals surface area (Å²) in [6, 6.07) is 8.03. The Hall–Kier alpha value is -4.33. The highest BCUT2D eigenvalue weighted by Gasteiger charge is 2.15. The van der Waals surface area contributed by atoms with Gasteiger partial charge in [-0.1, -0.05) is 34.8 Å². The first-order valence-corrected chi connectivity index (χ1v) is 11.4. The third-order valence-electron chi connectivity index (χ3n) is 4.61. The predicted octanol–water partition coefficient (Wildman–Crippen LogP) is 6.61. The second kappa shape index (κ2) is 11.4. The summed E-state index contributed by atoms with van der Waals surface area (Å²) in [5.74, 6) is 0.696. The number of nitro groups is 2. The predicted molar refractivity (Wildman–Crippen MR) is 143 cm³/mol. The van der Waals surface area contributed by atoms with Crippen molar-refractivity contribution in [1.82, 2.24) is 9.97 Å². The number of nitrogens with two attached hydrogens (primary N) is 2. The van der Waals surface area contributed by atoms with Gasteiger partial charge in [0.1, 0.15) is 11.0 Å². The number of phenolic OH excluding ortho intramolecular Hbond substituents is 1. The van der Waals surface area contributed by atoms with E-state index >= 15 is 0 Å². The van der Waals surface area contributed by atoms with Crippen LogP contribution in [0.3, 0.4) is 0 Å². The van der Waals surface area contributed by atoms with Crippen LogP contribution in [0, 0.1) is 34.1 Å². The Morgan fingerprint density at radius 1 is 0.763 bits per heavy atom. The zero-order chi connectivity index (χ0) is 28.3. The molecule has 0 aliphatic rings. The van der Waals surface area contributed by atoms with Crippen LogP contribution in [-0.4, -0.2) is 24.9 Å². The Morgan fingerprint density at radius 2 is 1.21 bits per heavy atom. The number of nitrogens with zero attached hydrogens (tertiary/aromatic N) is 4. The maximum absolute atomic E-state index is 10.5. The van der Waals surface area contributed by atoms with Gasteiger partial charge in [-0.2, -0.15) is 0 Å². The number of aromatic nitrogens is 2. The molecule has 0 bridgehead atoms. The molecule has 198 valence electrons. The number of fused-ring (bicyclic) bond motifs is 2. The summed E-state index contributed by atoms with van der Waals surface area (Å²) < 4.78 is 10.4. The van der Waals surface area contributed by atoms with Crippen LogP contribution < -0.4 is 11.5 Å². The smallest absolute Gasteiger partial charge is 0.273 e. The van der Waals surface area contributed by atoms with Gasteiger partial charge in [-0.15, -0.1) is 0 Å². The lowest BCUT2D eigenvalue weighted by Crippen LogP contribution is -1.92. The first-order chi connectivity index (χ1) is 17.8. The van der Waals surface area contributed by atoms with E-state index in [2.05, 4.69) is 9.97 Å². The lowest BCUT2D eigenvalue weighted by Gasteiger charge is -1.99. The number of non-ortho nitro benzene ring substituents is 2. The number of aromatic hydroxyl groups is 1. The van der Waals surface area contributed by atoms with Crippen molar-refractivity contribution in [1.29, 1.82) is 0 Å². The van der Waals surface area contributed by atoms with Gasteiger partial charge < -0.3 is 25.4 Å². The molecule has 0 saturated heterocycles. The molecule has 2 heterocycles. The Bertz CT molecular complexity index is 1660. The minimum Gasteiger partial charge on any atom is -0.504 e. The van der Waals surface area contributed by atoms with Gasteiger partial charge in [-0.05, 0) is 12.1 Å². The number of hydrogen-bond acceptors (Lipinski definition) is 11. The lowest BCUT2D eigenvalue weighted by atomic mass is 10.2. The van der Waals surface area contributed by atoms with Gasteiger partial charge >= 0.3 is 0 Å². The van der Waals surface area contributed by atoms with Gasteiger partial charge in [0.25, 0.3) is 11.4 Å². The molecule has 5 aromatic rings. The summed E-state index contributed by atoms with van der Waals surface area (Å²) in [6.07, 6.45) is 0. The summed E-state index contributed by atoms with van der Waals surface area (Å²) >= 11 is 17.1. The summed E-state index contributed by atoms with van der Waals surface area (Å²) in [5, 5.41) is 30.3. The minimum absolute atomic E-state index is 0.0872.